The summed E-state index contributed by atoms with van der Waals surface area (Å²) in [7, 11) is 0. The number of para-hydroxylation sites is 1. The molecule has 5 heteroatoms. The average molecular weight is 288 g/mol. The molecule has 0 saturated carbocycles. The Morgan fingerprint density at radius 1 is 1.10 bits per heavy atom. The van der Waals surface area contributed by atoms with E-state index in [0.29, 0.717) is 13.2 Å². The van der Waals surface area contributed by atoms with Gasteiger partial charge in [-0.3, -0.25) is 4.99 Å². The predicted molar refractivity (Wildman–Crippen MR) is 75.2 cm³/mol. The van der Waals surface area contributed by atoms with Crippen LogP contribution in [0.1, 0.15) is 5.56 Å². The number of fused-ring (bicyclic) bond motifs is 1. The Kier molecular flexibility index (Phi) is 3.81. The molecule has 3 rings (SSSR count). The average Bonchev–Trinajstić information content (AvgIpc) is 2.49. The first-order valence-corrected chi connectivity index (χ1v) is 6.60. The Morgan fingerprint density at radius 2 is 1.86 bits per heavy atom. The molecule has 2 aromatic carbocycles. The number of ether oxygens (including phenoxy) is 1. The normalized spacial score (nSPS) is 13.4. The van der Waals surface area contributed by atoms with Crippen molar-refractivity contribution in [2.24, 2.45) is 4.99 Å². The van der Waals surface area contributed by atoms with E-state index in [2.05, 4.69) is 20.8 Å². The Morgan fingerprint density at radius 3 is 2.62 bits per heavy atom. The van der Waals surface area contributed by atoms with Crippen LogP contribution in [-0.4, -0.2) is 18.2 Å². The zero-order valence-corrected chi connectivity index (χ0v) is 11.2. The summed E-state index contributed by atoms with van der Waals surface area (Å²) in [6, 6.07) is 14.6. The molecule has 0 amide bonds. The van der Waals surface area contributed by atoms with Crippen LogP contribution in [-0.2, 0) is 6.54 Å². The smallest absolute Gasteiger partial charge is 0.387 e. The van der Waals surface area contributed by atoms with Gasteiger partial charge in [-0.25, -0.2) is 0 Å². The molecule has 0 unspecified atom stereocenters. The first-order valence-electron chi connectivity index (χ1n) is 6.60. The van der Waals surface area contributed by atoms with Gasteiger partial charge in [0.05, 0.1) is 5.36 Å². The highest BCUT2D eigenvalue weighted by Gasteiger charge is 2.06. The first-order chi connectivity index (χ1) is 10.2. The van der Waals surface area contributed by atoms with Crippen molar-refractivity contribution in [2.75, 3.05) is 6.67 Å². The van der Waals surface area contributed by atoms with Gasteiger partial charge in [-0.2, -0.15) is 8.78 Å². The van der Waals surface area contributed by atoms with Crippen LogP contribution in [0.2, 0.25) is 0 Å². The van der Waals surface area contributed by atoms with E-state index >= 15 is 0 Å². The lowest BCUT2D eigenvalue weighted by molar-refractivity contribution is -0.0498. The van der Waals surface area contributed by atoms with Crippen molar-refractivity contribution in [1.82, 2.24) is 4.90 Å². The van der Waals surface area contributed by atoms with E-state index in [9.17, 15) is 8.78 Å². The van der Waals surface area contributed by atoms with Crippen LogP contribution in [0.25, 0.3) is 6.20 Å². The Labute approximate surface area is 120 Å². The number of nitrogens with zero attached hydrogens (tertiary/aromatic N) is 2. The quantitative estimate of drug-likeness (QED) is 0.861. The summed E-state index contributed by atoms with van der Waals surface area (Å²) in [5, 5.41) is 2.08. The lowest BCUT2D eigenvalue weighted by atomic mass is 10.2. The topological polar surface area (TPSA) is 24.8 Å². The van der Waals surface area contributed by atoms with E-state index in [0.717, 1.165) is 16.1 Å². The molecule has 2 aromatic rings. The molecule has 0 N–H and O–H groups in total. The maximum absolute atomic E-state index is 12.1. The highest BCUT2D eigenvalue weighted by Crippen LogP contribution is 2.16. The molecule has 0 radical (unpaired) electrons. The minimum Gasteiger partial charge on any atom is -0.435 e. The van der Waals surface area contributed by atoms with Crippen molar-refractivity contribution >= 4 is 6.20 Å². The second-order valence-corrected chi connectivity index (χ2v) is 4.76. The van der Waals surface area contributed by atoms with Gasteiger partial charge in [0.1, 0.15) is 12.4 Å². The minimum absolute atomic E-state index is 0.173. The molecular weight excluding hydrogens is 274 g/mol. The zero-order chi connectivity index (χ0) is 14.7. The molecular formula is C16H14F2N2O. The number of alkyl halides is 2. The fourth-order valence-corrected chi connectivity index (χ4v) is 2.25. The number of hydrogen-bond acceptors (Lipinski definition) is 3. The molecule has 0 spiro atoms. The Hall–Kier alpha value is -2.43. The van der Waals surface area contributed by atoms with Crippen molar-refractivity contribution in [3.05, 3.63) is 64.7 Å². The van der Waals surface area contributed by atoms with E-state index in [-0.39, 0.29) is 5.75 Å². The van der Waals surface area contributed by atoms with Crippen molar-refractivity contribution in [3.8, 4) is 5.75 Å². The van der Waals surface area contributed by atoms with E-state index in [4.69, 9.17) is 0 Å². The third kappa shape index (κ3) is 3.37. The summed E-state index contributed by atoms with van der Waals surface area (Å²) in [6.45, 7) is -1.53. The van der Waals surface area contributed by atoms with Gasteiger partial charge in [0.15, 0.2) is 0 Å². The summed E-state index contributed by atoms with van der Waals surface area (Å²) in [5.74, 6) is 0.173. The summed E-state index contributed by atoms with van der Waals surface area (Å²) >= 11 is 0. The van der Waals surface area contributed by atoms with Crippen LogP contribution in [0, 0.1) is 0 Å². The number of rotatable bonds is 4. The Bertz CT molecular complexity index is 729. The van der Waals surface area contributed by atoms with Crippen molar-refractivity contribution in [1.29, 1.82) is 0 Å². The van der Waals surface area contributed by atoms with Gasteiger partial charge in [-0.05, 0) is 23.8 Å². The SMILES string of the molecule is FC(F)Oc1ccc(CN2C=c3ccccc3=NC2)cc1. The minimum atomic E-state index is -2.79. The molecule has 0 aliphatic carbocycles. The van der Waals surface area contributed by atoms with Crippen molar-refractivity contribution < 1.29 is 13.5 Å². The highest BCUT2D eigenvalue weighted by molar-refractivity contribution is 5.30. The van der Waals surface area contributed by atoms with E-state index in [1.54, 1.807) is 24.3 Å². The van der Waals surface area contributed by atoms with Crippen LogP contribution in [0.5, 0.6) is 5.75 Å². The molecule has 0 fully saturated rings. The van der Waals surface area contributed by atoms with Gasteiger partial charge in [-0.15, -0.1) is 0 Å². The standard InChI is InChI=1S/C16H14F2N2O/c17-16(18)21-14-7-5-12(6-8-14)9-20-10-13-3-1-2-4-15(13)19-11-20/h1-8,10,16H,9,11H2. The second-order valence-electron chi connectivity index (χ2n) is 4.76. The number of hydrogen-bond donors (Lipinski definition) is 0. The van der Waals surface area contributed by atoms with Gasteiger partial charge < -0.3 is 9.64 Å². The maximum atomic E-state index is 12.1. The number of benzene rings is 2. The van der Waals surface area contributed by atoms with E-state index < -0.39 is 6.61 Å². The summed E-state index contributed by atoms with van der Waals surface area (Å²) in [6.07, 6.45) is 2.06. The predicted octanol–water partition coefficient (Wildman–Crippen LogP) is 2.12. The Balaban J connectivity index is 1.72. The molecule has 0 atom stereocenters. The van der Waals surface area contributed by atoms with Crippen molar-refractivity contribution in [3.63, 3.8) is 0 Å². The van der Waals surface area contributed by atoms with Crippen molar-refractivity contribution in [2.45, 2.75) is 13.2 Å². The molecule has 1 heterocycles. The van der Waals surface area contributed by atoms with Gasteiger partial charge in [0.25, 0.3) is 0 Å². The highest BCUT2D eigenvalue weighted by atomic mass is 19.3. The van der Waals surface area contributed by atoms with E-state index in [1.807, 2.05) is 24.3 Å². The van der Waals surface area contributed by atoms with Crippen LogP contribution in [0.3, 0.4) is 0 Å². The van der Waals surface area contributed by atoms with Gasteiger partial charge in [0.2, 0.25) is 0 Å². The summed E-state index contributed by atoms with van der Waals surface area (Å²) in [5.41, 5.74) is 1.02. The second kappa shape index (κ2) is 5.91. The monoisotopic (exact) mass is 288 g/mol. The molecule has 21 heavy (non-hydrogen) atoms. The van der Waals surface area contributed by atoms with Gasteiger partial charge in [0, 0.05) is 18.0 Å². The fraction of sp³-hybridized carbons (Fsp3) is 0.188. The fourth-order valence-electron chi connectivity index (χ4n) is 2.25. The third-order valence-corrected chi connectivity index (χ3v) is 3.22. The molecule has 0 saturated heterocycles. The molecule has 1 aliphatic heterocycles. The van der Waals surface area contributed by atoms with Gasteiger partial charge in [-0.1, -0.05) is 30.3 Å². The number of halogens is 2. The van der Waals surface area contributed by atoms with Crippen LogP contribution in [0.15, 0.2) is 53.5 Å². The maximum Gasteiger partial charge on any atom is 0.387 e. The van der Waals surface area contributed by atoms with Gasteiger partial charge >= 0.3 is 6.61 Å². The van der Waals surface area contributed by atoms with Crippen LogP contribution >= 0.6 is 0 Å². The summed E-state index contributed by atoms with van der Waals surface area (Å²) in [4.78, 5) is 6.57. The largest absolute Gasteiger partial charge is 0.435 e. The lowest BCUT2D eigenvalue weighted by Gasteiger charge is -2.20. The molecule has 0 bridgehead atoms. The lowest BCUT2D eigenvalue weighted by Crippen LogP contribution is -2.35. The molecule has 1 aliphatic rings. The molecule has 3 nitrogen and oxygen atoms in total. The molecule has 0 aromatic heterocycles. The third-order valence-electron chi connectivity index (χ3n) is 3.22. The van der Waals surface area contributed by atoms with Crippen LogP contribution < -0.4 is 15.3 Å². The summed E-state index contributed by atoms with van der Waals surface area (Å²) < 4.78 is 28.5. The molecule has 108 valence electrons. The first kappa shape index (κ1) is 13.5. The zero-order valence-electron chi connectivity index (χ0n) is 11.2. The van der Waals surface area contributed by atoms with E-state index in [1.165, 1.54) is 0 Å². The van der Waals surface area contributed by atoms with Crippen LogP contribution in [0.4, 0.5) is 8.78 Å².